The molecule has 0 saturated carbocycles. The number of carbonyl (C=O) groups is 2. The Morgan fingerprint density at radius 1 is 1.29 bits per heavy atom. The van der Waals surface area contributed by atoms with Gasteiger partial charge in [-0.1, -0.05) is 0 Å². The minimum atomic E-state index is -0.388. The number of nitrogen functional groups attached to an aromatic ring is 1. The smallest absolute Gasteiger partial charge is 0.338 e. The number of carbonyl (C=O) groups excluding carboxylic acids is 2. The molecule has 7 nitrogen and oxygen atoms in total. The van der Waals surface area contributed by atoms with E-state index in [9.17, 15) is 9.59 Å². The van der Waals surface area contributed by atoms with Crippen LogP contribution in [0, 0.1) is 0 Å². The fourth-order valence-corrected chi connectivity index (χ4v) is 1.58. The van der Waals surface area contributed by atoms with E-state index in [0.717, 1.165) is 0 Å². The Morgan fingerprint density at radius 3 is 2.62 bits per heavy atom. The average molecular weight is 294 g/mol. The van der Waals surface area contributed by atoms with E-state index >= 15 is 0 Å². The Labute approximate surface area is 124 Å². The zero-order valence-corrected chi connectivity index (χ0v) is 12.6. The molecule has 21 heavy (non-hydrogen) atoms. The van der Waals surface area contributed by atoms with Gasteiger partial charge in [0.25, 0.3) is 0 Å². The number of amides is 2. The monoisotopic (exact) mass is 294 g/mol. The fourth-order valence-electron chi connectivity index (χ4n) is 1.58. The lowest BCUT2D eigenvalue weighted by molar-refractivity contribution is 0.0526. The van der Waals surface area contributed by atoms with Gasteiger partial charge >= 0.3 is 12.0 Å². The molecule has 0 radical (unpaired) electrons. The highest BCUT2D eigenvalue weighted by Gasteiger charge is 2.09. The van der Waals surface area contributed by atoms with Crippen molar-refractivity contribution in [1.29, 1.82) is 0 Å². The third kappa shape index (κ3) is 5.21. The molecule has 0 heterocycles. The zero-order valence-electron chi connectivity index (χ0n) is 12.6. The second kappa shape index (κ2) is 7.98. The molecular weight excluding hydrogens is 272 g/mol. The van der Waals surface area contributed by atoms with E-state index in [1.54, 1.807) is 39.2 Å². The normalized spacial score (nSPS) is 9.86. The summed E-state index contributed by atoms with van der Waals surface area (Å²) >= 11 is 0. The number of anilines is 2. The first kappa shape index (κ1) is 16.6. The van der Waals surface area contributed by atoms with E-state index in [4.69, 9.17) is 10.5 Å². The lowest BCUT2D eigenvalue weighted by atomic mass is 10.1. The van der Waals surface area contributed by atoms with Gasteiger partial charge in [0.2, 0.25) is 0 Å². The van der Waals surface area contributed by atoms with E-state index in [0.29, 0.717) is 36.6 Å². The molecule has 0 aliphatic carbocycles. The number of nitrogens with one attached hydrogen (secondary N) is 2. The highest BCUT2D eigenvalue weighted by Crippen LogP contribution is 2.20. The van der Waals surface area contributed by atoms with E-state index in [1.807, 2.05) is 0 Å². The quantitative estimate of drug-likeness (QED) is 0.415. The van der Waals surface area contributed by atoms with Gasteiger partial charge in [0.05, 0.1) is 23.5 Å². The minimum Gasteiger partial charge on any atom is -0.462 e. The molecular formula is C14H22N4O3. The van der Waals surface area contributed by atoms with Crippen molar-refractivity contribution in [2.75, 3.05) is 44.8 Å². The van der Waals surface area contributed by atoms with Crippen LogP contribution in [0.25, 0.3) is 0 Å². The van der Waals surface area contributed by atoms with Gasteiger partial charge in [0.15, 0.2) is 0 Å². The first-order chi connectivity index (χ1) is 9.95. The van der Waals surface area contributed by atoms with Crippen LogP contribution >= 0.6 is 0 Å². The Morgan fingerprint density at radius 2 is 2.00 bits per heavy atom. The van der Waals surface area contributed by atoms with Gasteiger partial charge in [-0.2, -0.15) is 0 Å². The average Bonchev–Trinajstić information content (AvgIpc) is 2.45. The molecule has 7 heteroatoms. The lowest BCUT2D eigenvalue weighted by Crippen LogP contribution is -2.37. The molecule has 0 fully saturated rings. The van der Waals surface area contributed by atoms with Gasteiger partial charge in [-0.3, -0.25) is 0 Å². The van der Waals surface area contributed by atoms with Crippen molar-refractivity contribution < 1.29 is 14.3 Å². The largest absolute Gasteiger partial charge is 0.462 e. The maximum absolute atomic E-state index is 11.6. The SMILES string of the molecule is CCOC(=O)c1ccc(N)c(NCCNC(=O)N(C)C)c1. The molecule has 1 rings (SSSR count). The van der Waals surface area contributed by atoms with Crippen LogP contribution in [0.15, 0.2) is 18.2 Å². The maximum atomic E-state index is 11.6. The Hall–Kier alpha value is -2.44. The van der Waals surface area contributed by atoms with E-state index in [1.165, 1.54) is 4.90 Å². The summed E-state index contributed by atoms with van der Waals surface area (Å²) in [7, 11) is 3.34. The van der Waals surface area contributed by atoms with Gasteiger partial charge in [0.1, 0.15) is 0 Å². The van der Waals surface area contributed by atoms with Crippen LogP contribution in [0.4, 0.5) is 16.2 Å². The summed E-state index contributed by atoms with van der Waals surface area (Å²) in [6, 6.07) is 4.74. The van der Waals surface area contributed by atoms with Crippen LogP contribution < -0.4 is 16.4 Å². The van der Waals surface area contributed by atoms with Gasteiger partial charge in [-0.25, -0.2) is 9.59 Å². The topological polar surface area (TPSA) is 96.7 Å². The molecule has 0 aliphatic rings. The second-order valence-corrected chi connectivity index (χ2v) is 4.58. The van der Waals surface area contributed by atoms with Crippen LogP contribution in [0.5, 0.6) is 0 Å². The van der Waals surface area contributed by atoms with Gasteiger partial charge < -0.3 is 26.0 Å². The Kier molecular flexibility index (Phi) is 6.32. The van der Waals surface area contributed by atoms with E-state index in [2.05, 4.69) is 10.6 Å². The first-order valence-corrected chi connectivity index (χ1v) is 6.71. The zero-order chi connectivity index (χ0) is 15.8. The molecule has 0 saturated heterocycles. The number of nitrogens with zero attached hydrogens (tertiary/aromatic N) is 1. The molecule has 1 aromatic carbocycles. The molecule has 116 valence electrons. The molecule has 0 aromatic heterocycles. The lowest BCUT2D eigenvalue weighted by Gasteiger charge is -2.14. The highest BCUT2D eigenvalue weighted by atomic mass is 16.5. The number of urea groups is 1. The van der Waals surface area contributed by atoms with E-state index in [-0.39, 0.29) is 12.0 Å². The molecule has 2 amide bonds. The van der Waals surface area contributed by atoms with Crippen molar-refractivity contribution in [2.45, 2.75) is 6.92 Å². The predicted molar refractivity (Wildman–Crippen MR) is 82.4 cm³/mol. The standard InChI is InChI=1S/C14H22N4O3/c1-4-21-13(19)10-5-6-11(15)12(9-10)16-7-8-17-14(20)18(2)3/h5-6,9,16H,4,7-8,15H2,1-3H3,(H,17,20). The molecule has 0 unspecified atom stereocenters. The van der Waals surface area contributed by atoms with Crippen molar-refractivity contribution in [3.8, 4) is 0 Å². The Balaban J connectivity index is 2.56. The van der Waals surface area contributed by atoms with Crippen molar-refractivity contribution in [3.63, 3.8) is 0 Å². The van der Waals surface area contributed by atoms with Crippen molar-refractivity contribution in [3.05, 3.63) is 23.8 Å². The van der Waals surface area contributed by atoms with Crippen molar-refractivity contribution in [1.82, 2.24) is 10.2 Å². The summed E-state index contributed by atoms with van der Waals surface area (Å²) in [5.41, 5.74) is 7.45. The van der Waals surface area contributed by atoms with Crippen LogP contribution in [-0.2, 0) is 4.74 Å². The number of nitrogens with two attached hydrogens (primary N) is 1. The predicted octanol–water partition coefficient (Wildman–Crippen LogP) is 1.13. The highest BCUT2D eigenvalue weighted by molar-refractivity contribution is 5.92. The number of esters is 1. The molecule has 0 aliphatic heterocycles. The second-order valence-electron chi connectivity index (χ2n) is 4.58. The summed E-state index contributed by atoms with van der Waals surface area (Å²) in [6.45, 7) is 3.01. The summed E-state index contributed by atoms with van der Waals surface area (Å²) in [4.78, 5) is 24.4. The molecule has 0 atom stereocenters. The van der Waals surface area contributed by atoms with Crippen LogP contribution in [0.1, 0.15) is 17.3 Å². The summed E-state index contributed by atoms with van der Waals surface area (Å²) < 4.78 is 4.94. The van der Waals surface area contributed by atoms with Gasteiger partial charge in [-0.05, 0) is 25.1 Å². The van der Waals surface area contributed by atoms with Gasteiger partial charge in [0, 0.05) is 27.2 Å². The van der Waals surface area contributed by atoms with Crippen LogP contribution in [-0.4, -0.2) is 50.7 Å². The third-order valence-electron chi connectivity index (χ3n) is 2.69. The molecule has 4 N–H and O–H groups in total. The number of hydrogen-bond acceptors (Lipinski definition) is 5. The third-order valence-corrected chi connectivity index (χ3v) is 2.69. The fraction of sp³-hybridized carbons (Fsp3) is 0.429. The number of hydrogen-bond donors (Lipinski definition) is 3. The molecule has 0 bridgehead atoms. The molecule has 1 aromatic rings. The van der Waals surface area contributed by atoms with E-state index < -0.39 is 0 Å². The summed E-state index contributed by atoms with van der Waals surface area (Å²) in [6.07, 6.45) is 0. The minimum absolute atomic E-state index is 0.162. The molecule has 0 spiro atoms. The van der Waals surface area contributed by atoms with Gasteiger partial charge in [-0.15, -0.1) is 0 Å². The van der Waals surface area contributed by atoms with Crippen LogP contribution in [0.3, 0.4) is 0 Å². The summed E-state index contributed by atoms with van der Waals surface area (Å²) in [5, 5.41) is 5.80. The van der Waals surface area contributed by atoms with Crippen molar-refractivity contribution in [2.24, 2.45) is 0 Å². The van der Waals surface area contributed by atoms with Crippen molar-refractivity contribution >= 4 is 23.4 Å². The maximum Gasteiger partial charge on any atom is 0.338 e. The number of rotatable bonds is 6. The number of benzene rings is 1. The first-order valence-electron chi connectivity index (χ1n) is 6.71. The number of ether oxygens (including phenoxy) is 1. The summed E-state index contributed by atoms with van der Waals surface area (Å²) in [5.74, 6) is -0.388. The van der Waals surface area contributed by atoms with Crippen LogP contribution in [0.2, 0.25) is 0 Å². The Bertz CT molecular complexity index is 503.